The predicted octanol–water partition coefficient (Wildman–Crippen LogP) is 4.28. The second-order valence-electron chi connectivity index (χ2n) is 5.42. The van der Waals surface area contributed by atoms with Crippen LogP contribution in [0.4, 0.5) is 26.0 Å². The quantitative estimate of drug-likeness (QED) is 0.729. The number of rotatable bonds is 5. The summed E-state index contributed by atoms with van der Waals surface area (Å²) in [6.07, 6.45) is 1.62. The first-order valence-corrected chi connectivity index (χ1v) is 7.61. The molecule has 6 heteroatoms. The summed E-state index contributed by atoms with van der Waals surface area (Å²) in [5.74, 6) is -0.567. The zero-order chi connectivity index (χ0) is 17.6. The highest BCUT2D eigenvalue weighted by molar-refractivity contribution is 5.91. The highest BCUT2D eigenvalue weighted by atomic mass is 19.1. The maximum atomic E-state index is 13.1. The Morgan fingerprint density at radius 3 is 2.36 bits per heavy atom. The van der Waals surface area contributed by atoms with Crippen LogP contribution >= 0.6 is 0 Å². The standard InChI is InChI=1S/C19H15F2N3O/c20-14-4-6-16(7-5-14)23-17-8-9-18(22-12-17)24-19(25)11-13-2-1-3-15(21)10-13/h1-10,12,23H,11H2,(H,22,24,25). The van der Waals surface area contributed by atoms with Gasteiger partial charge in [0.25, 0.3) is 0 Å². The molecule has 126 valence electrons. The molecule has 1 heterocycles. The zero-order valence-electron chi connectivity index (χ0n) is 13.2. The molecule has 0 fully saturated rings. The van der Waals surface area contributed by atoms with Gasteiger partial charge in [0.15, 0.2) is 0 Å². The van der Waals surface area contributed by atoms with E-state index in [-0.39, 0.29) is 24.0 Å². The number of anilines is 3. The monoisotopic (exact) mass is 339 g/mol. The lowest BCUT2D eigenvalue weighted by Gasteiger charge is -2.08. The van der Waals surface area contributed by atoms with Gasteiger partial charge in [-0.05, 0) is 54.1 Å². The van der Waals surface area contributed by atoms with E-state index < -0.39 is 0 Å². The number of carbonyl (C=O) groups is 1. The van der Waals surface area contributed by atoms with Crippen molar-refractivity contribution in [3.05, 3.63) is 84.1 Å². The SMILES string of the molecule is O=C(Cc1cccc(F)c1)Nc1ccc(Nc2ccc(F)cc2)cn1. The van der Waals surface area contributed by atoms with E-state index >= 15 is 0 Å². The Hall–Kier alpha value is -3.28. The first-order chi connectivity index (χ1) is 12.1. The number of carbonyl (C=O) groups excluding carboxylic acids is 1. The maximum absolute atomic E-state index is 13.1. The number of amides is 1. The van der Waals surface area contributed by atoms with E-state index in [2.05, 4.69) is 15.6 Å². The topological polar surface area (TPSA) is 54.0 Å². The van der Waals surface area contributed by atoms with E-state index in [9.17, 15) is 13.6 Å². The molecule has 2 N–H and O–H groups in total. The number of pyridine rings is 1. The molecular formula is C19H15F2N3O. The van der Waals surface area contributed by atoms with Crippen molar-refractivity contribution >= 4 is 23.1 Å². The average molecular weight is 339 g/mol. The summed E-state index contributed by atoms with van der Waals surface area (Å²) in [4.78, 5) is 16.1. The molecule has 0 saturated carbocycles. The van der Waals surface area contributed by atoms with Crippen molar-refractivity contribution < 1.29 is 13.6 Å². The van der Waals surface area contributed by atoms with Crippen molar-refractivity contribution in [2.24, 2.45) is 0 Å². The van der Waals surface area contributed by atoms with Gasteiger partial charge in [-0.15, -0.1) is 0 Å². The lowest BCUT2D eigenvalue weighted by atomic mass is 10.1. The third-order valence-corrected chi connectivity index (χ3v) is 3.42. The van der Waals surface area contributed by atoms with Crippen molar-refractivity contribution in [2.45, 2.75) is 6.42 Å². The third kappa shape index (κ3) is 4.84. The second-order valence-corrected chi connectivity index (χ2v) is 5.42. The van der Waals surface area contributed by atoms with Crippen LogP contribution in [-0.2, 0) is 11.2 Å². The van der Waals surface area contributed by atoms with E-state index in [0.29, 0.717) is 17.1 Å². The van der Waals surface area contributed by atoms with Gasteiger partial charge in [0, 0.05) is 5.69 Å². The first-order valence-electron chi connectivity index (χ1n) is 7.61. The van der Waals surface area contributed by atoms with Crippen molar-refractivity contribution in [3.63, 3.8) is 0 Å². The van der Waals surface area contributed by atoms with Gasteiger partial charge in [0.05, 0.1) is 18.3 Å². The highest BCUT2D eigenvalue weighted by Crippen LogP contribution is 2.17. The van der Waals surface area contributed by atoms with E-state index in [1.807, 2.05) is 0 Å². The molecule has 0 atom stereocenters. The molecule has 4 nitrogen and oxygen atoms in total. The Balaban J connectivity index is 1.58. The normalized spacial score (nSPS) is 10.3. The molecule has 3 aromatic rings. The Bertz CT molecular complexity index is 865. The molecule has 0 aliphatic rings. The number of benzene rings is 2. The first kappa shape index (κ1) is 16.6. The molecule has 0 saturated heterocycles. The summed E-state index contributed by atoms with van der Waals surface area (Å²) < 4.78 is 26.0. The minimum Gasteiger partial charge on any atom is -0.354 e. The molecular weight excluding hydrogens is 324 g/mol. The van der Waals surface area contributed by atoms with E-state index in [4.69, 9.17) is 0 Å². The Morgan fingerprint density at radius 2 is 1.68 bits per heavy atom. The van der Waals surface area contributed by atoms with Crippen LogP contribution in [0.2, 0.25) is 0 Å². The summed E-state index contributed by atoms with van der Waals surface area (Å²) >= 11 is 0. The molecule has 1 amide bonds. The van der Waals surface area contributed by atoms with Gasteiger partial charge >= 0.3 is 0 Å². The Labute approximate surface area is 143 Å². The molecule has 0 unspecified atom stereocenters. The molecule has 0 spiro atoms. The average Bonchev–Trinajstić information content (AvgIpc) is 2.59. The molecule has 3 rings (SSSR count). The molecule has 1 aromatic heterocycles. The fraction of sp³-hybridized carbons (Fsp3) is 0.0526. The van der Waals surface area contributed by atoms with Crippen LogP contribution in [0.5, 0.6) is 0 Å². The van der Waals surface area contributed by atoms with Gasteiger partial charge in [-0.1, -0.05) is 12.1 Å². The number of nitrogens with zero attached hydrogens (tertiary/aromatic N) is 1. The fourth-order valence-corrected chi connectivity index (χ4v) is 2.26. The second kappa shape index (κ2) is 7.53. The van der Waals surface area contributed by atoms with Gasteiger partial charge in [0.1, 0.15) is 17.5 Å². The predicted molar refractivity (Wildman–Crippen MR) is 92.7 cm³/mol. The smallest absolute Gasteiger partial charge is 0.229 e. The molecule has 0 aliphatic heterocycles. The number of hydrogen-bond donors (Lipinski definition) is 2. The summed E-state index contributed by atoms with van der Waals surface area (Å²) in [5.41, 5.74) is 2.02. The number of nitrogens with one attached hydrogen (secondary N) is 2. The van der Waals surface area contributed by atoms with Crippen molar-refractivity contribution in [2.75, 3.05) is 10.6 Å². The van der Waals surface area contributed by atoms with E-state index in [1.165, 1.54) is 24.3 Å². The lowest BCUT2D eigenvalue weighted by Crippen LogP contribution is -2.15. The van der Waals surface area contributed by atoms with Crippen LogP contribution in [0.15, 0.2) is 66.9 Å². The minimum absolute atomic E-state index is 0.0645. The molecule has 0 aliphatic carbocycles. The lowest BCUT2D eigenvalue weighted by molar-refractivity contribution is -0.115. The van der Waals surface area contributed by atoms with Crippen LogP contribution in [0.3, 0.4) is 0 Å². The van der Waals surface area contributed by atoms with Gasteiger partial charge in [-0.2, -0.15) is 0 Å². The van der Waals surface area contributed by atoms with Crippen LogP contribution in [0.25, 0.3) is 0 Å². The summed E-state index contributed by atoms with van der Waals surface area (Å²) in [6.45, 7) is 0. The number of hydrogen-bond acceptors (Lipinski definition) is 3. The number of halogens is 2. The zero-order valence-corrected chi connectivity index (χ0v) is 13.2. The van der Waals surface area contributed by atoms with Gasteiger partial charge in [0.2, 0.25) is 5.91 Å². The van der Waals surface area contributed by atoms with Crippen LogP contribution < -0.4 is 10.6 Å². The van der Waals surface area contributed by atoms with E-state index in [1.54, 1.807) is 42.6 Å². The van der Waals surface area contributed by atoms with Crippen LogP contribution in [-0.4, -0.2) is 10.9 Å². The molecule has 0 radical (unpaired) electrons. The van der Waals surface area contributed by atoms with Gasteiger partial charge in [-0.25, -0.2) is 13.8 Å². The third-order valence-electron chi connectivity index (χ3n) is 3.42. The molecule has 2 aromatic carbocycles. The van der Waals surface area contributed by atoms with Crippen molar-refractivity contribution in [3.8, 4) is 0 Å². The highest BCUT2D eigenvalue weighted by Gasteiger charge is 2.06. The van der Waals surface area contributed by atoms with Crippen LogP contribution in [0.1, 0.15) is 5.56 Å². The van der Waals surface area contributed by atoms with Crippen LogP contribution in [0, 0.1) is 11.6 Å². The fourth-order valence-electron chi connectivity index (χ4n) is 2.26. The summed E-state index contributed by atoms with van der Waals surface area (Å²) in [5, 5.41) is 5.73. The Morgan fingerprint density at radius 1 is 0.920 bits per heavy atom. The maximum Gasteiger partial charge on any atom is 0.229 e. The summed E-state index contributed by atoms with van der Waals surface area (Å²) in [6, 6.07) is 15.2. The van der Waals surface area contributed by atoms with E-state index in [0.717, 1.165) is 5.69 Å². The van der Waals surface area contributed by atoms with Crippen molar-refractivity contribution in [1.29, 1.82) is 0 Å². The molecule has 25 heavy (non-hydrogen) atoms. The van der Waals surface area contributed by atoms with Gasteiger partial charge < -0.3 is 10.6 Å². The Kier molecular flexibility index (Phi) is 4.99. The molecule has 0 bridgehead atoms. The number of aromatic nitrogens is 1. The minimum atomic E-state index is -0.375. The largest absolute Gasteiger partial charge is 0.354 e. The summed E-state index contributed by atoms with van der Waals surface area (Å²) in [7, 11) is 0. The van der Waals surface area contributed by atoms with Gasteiger partial charge in [-0.3, -0.25) is 4.79 Å². The van der Waals surface area contributed by atoms with Crippen molar-refractivity contribution in [1.82, 2.24) is 4.98 Å².